The Bertz CT molecular complexity index is 528. The van der Waals surface area contributed by atoms with Crippen molar-refractivity contribution in [3.8, 4) is 0 Å². The summed E-state index contributed by atoms with van der Waals surface area (Å²) < 4.78 is 5.35. The molecule has 1 saturated carbocycles. The molecule has 2 fully saturated rings. The molecule has 1 amide bonds. The van der Waals surface area contributed by atoms with Crippen LogP contribution < -0.4 is 5.32 Å². The van der Waals surface area contributed by atoms with E-state index in [0.717, 1.165) is 6.42 Å². The molecule has 1 saturated heterocycles. The van der Waals surface area contributed by atoms with E-state index in [9.17, 15) is 9.59 Å². The Morgan fingerprint density at radius 3 is 2.70 bits per heavy atom. The molecule has 2 aliphatic rings. The largest absolute Gasteiger partial charge is 0.463 e. The lowest BCUT2D eigenvalue weighted by Gasteiger charge is -2.19. The molecule has 1 aromatic rings. The second-order valence-corrected chi connectivity index (χ2v) is 5.83. The molecule has 0 unspecified atom stereocenters. The normalized spacial score (nSPS) is 33.6. The van der Waals surface area contributed by atoms with Gasteiger partial charge in [-0.3, -0.25) is 9.59 Å². The Hall–Kier alpha value is -1.84. The van der Waals surface area contributed by atoms with E-state index in [1.807, 2.05) is 25.1 Å². The summed E-state index contributed by atoms with van der Waals surface area (Å²) in [6.45, 7) is 2.24. The minimum atomic E-state index is -0.397. The number of cyclic esters (lactones) is 1. The van der Waals surface area contributed by atoms with Gasteiger partial charge in [-0.1, -0.05) is 30.3 Å². The molecule has 1 aliphatic heterocycles. The number of hydrogen-bond acceptors (Lipinski definition) is 3. The first kappa shape index (κ1) is 13.2. The van der Waals surface area contributed by atoms with Crippen LogP contribution in [0.4, 0.5) is 0 Å². The second kappa shape index (κ2) is 4.93. The van der Waals surface area contributed by atoms with Gasteiger partial charge in [0.15, 0.2) is 0 Å². The number of nitrogens with one attached hydrogen (secondary N) is 1. The van der Waals surface area contributed by atoms with Crippen LogP contribution >= 0.6 is 0 Å². The first-order chi connectivity index (χ1) is 9.62. The van der Waals surface area contributed by atoms with Crippen LogP contribution in [0.5, 0.6) is 0 Å². The van der Waals surface area contributed by atoms with Gasteiger partial charge < -0.3 is 10.1 Å². The number of esters is 1. The molecule has 106 valence electrons. The third-order valence-corrected chi connectivity index (χ3v) is 4.33. The molecule has 3 rings (SSSR count). The predicted molar refractivity (Wildman–Crippen MR) is 74.0 cm³/mol. The van der Waals surface area contributed by atoms with Crippen molar-refractivity contribution in [3.63, 3.8) is 0 Å². The molecule has 4 heteroatoms. The van der Waals surface area contributed by atoms with Gasteiger partial charge in [0.25, 0.3) is 0 Å². The van der Waals surface area contributed by atoms with Gasteiger partial charge in [0.05, 0.1) is 11.8 Å². The first-order valence-electron chi connectivity index (χ1n) is 7.14. The lowest BCUT2D eigenvalue weighted by molar-refractivity contribution is -0.149. The summed E-state index contributed by atoms with van der Waals surface area (Å²) in [5.74, 6) is 0.0752. The zero-order valence-electron chi connectivity index (χ0n) is 11.6. The van der Waals surface area contributed by atoms with E-state index in [-0.39, 0.29) is 30.3 Å². The summed E-state index contributed by atoms with van der Waals surface area (Å²) in [4.78, 5) is 24.0. The van der Waals surface area contributed by atoms with Crippen molar-refractivity contribution in [1.82, 2.24) is 5.32 Å². The minimum Gasteiger partial charge on any atom is -0.463 e. The van der Waals surface area contributed by atoms with Crippen LogP contribution in [-0.4, -0.2) is 24.5 Å². The van der Waals surface area contributed by atoms with Crippen LogP contribution in [0.2, 0.25) is 0 Å². The van der Waals surface area contributed by atoms with Gasteiger partial charge in [-0.05, 0) is 31.2 Å². The van der Waals surface area contributed by atoms with Gasteiger partial charge in [0.1, 0.15) is 6.10 Å². The minimum absolute atomic E-state index is 0.0662. The summed E-state index contributed by atoms with van der Waals surface area (Å²) >= 11 is 0. The van der Waals surface area contributed by atoms with Crippen molar-refractivity contribution in [2.24, 2.45) is 5.41 Å². The zero-order valence-corrected chi connectivity index (χ0v) is 11.6. The summed E-state index contributed by atoms with van der Waals surface area (Å²) in [5, 5.41) is 2.89. The number of ether oxygens (including phenoxy) is 1. The molecule has 0 radical (unpaired) electrons. The molecule has 1 aliphatic carbocycles. The Morgan fingerprint density at radius 2 is 1.95 bits per heavy atom. The molecule has 20 heavy (non-hydrogen) atoms. The third kappa shape index (κ3) is 2.30. The number of amides is 1. The van der Waals surface area contributed by atoms with Gasteiger partial charge in [-0.2, -0.15) is 0 Å². The highest BCUT2D eigenvalue weighted by Gasteiger charge is 2.60. The molecule has 3 atom stereocenters. The summed E-state index contributed by atoms with van der Waals surface area (Å²) in [7, 11) is 0. The van der Waals surface area contributed by atoms with E-state index in [4.69, 9.17) is 4.74 Å². The van der Waals surface area contributed by atoms with E-state index in [1.165, 1.54) is 5.56 Å². The Balaban J connectivity index is 1.83. The number of carbonyl (C=O) groups excluding carboxylic acids is 2. The van der Waals surface area contributed by atoms with E-state index in [0.29, 0.717) is 13.0 Å². The van der Waals surface area contributed by atoms with Gasteiger partial charge in [0, 0.05) is 6.54 Å². The lowest BCUT2D eigenvalue weighted by atomic mass is 9.92. The maximum Gasteiger partial charge on any atom is 0.307 e. The maximum absolute atomic E-state index is 12.5. The molecular formula is C16H19NO3. The Morgan fingerprint density at radius 1 is 1.20 bits per heavy atom. The van der Waals surface area contributed by atoms with Crippen LogP contribution in [0.15, 0.2) is 30.3 Å². The van der Waals surface area contributed by atoms with Crippen molar-refractivity contribution in [1.29, 1.82) is 0 Å². The monoisotopic (exact) mass is 273 g/mol. The van der Waals surface area contributed by atoms with Gasteiger partial charge in [-0.15, -0.1) is 0 Å². The number of carbonyl (C=O) groups is 2. The van der Waals surface area contributed by atoms with Crippen LogP contribution in [0.25, 0.3) is 0 Å². The summed E-state index contributed by atoms with van der Waals surface area (Å²) in [6.07, 6.45) is 1.48. The zero-order chi connectivity index (χ0) is 14.2. The van der Waals surface area contributed by atoms with Crippen molar-refractivity contribution in [2.45, 2.75) is 38.2 Å². The summed E-state index contributed by atoms with van der Waals surface area (Å²) in [6, 6.07) is 10.1. The second-order valence-electron chi connectivity index (χ2n) is 5.83. The SMILES string of the molecule is C[C@H]1C[C@@]2(C[C@@H]2c2ccccc2)C(=O)NCCC(=O)O1. The topological polar surface area (TPSA) is 55.4 Å². The average Bonchev–Trinajstić information content (AvgIpc) is 3.13. The van der Waals surface area contributed by atoms with E-state index in [2.05, 4.69) is 17.4 Å². The number of rotatable bonds is 1. The third-order valence-electron chi connectivity index (χ3n) is 4.33. The molecule has 0 aromatic heterocycles. The van der Waals surface area contributed by atoms with Crippen LogP contribution in [0, 0.1) is 5.41 Å². The van der Waals surface area contributed by atoms with Crippen molar-refractivity contribution < 1.29 is 14.3 Å². The van der Waals surface area contributed by atoms with Crippen molar-refractivity contribution >= 4 is 11.9 Å². The summed E-state index contributed by atoms with van der Waals surface area (Å²) in [5.41, 5.74) is 0.797. The van der Waals surface area contributed by atoms with Gasteiger partial charge >= 0.3 is 5.97 Å². The molecule has 1 heterocycles. The highest BCUT2D eigenvalue weighted by Crippen LogP contribution is 2.62. The van der Waals surface area contributed by atoms with Crippen LogP contribution in [-0.2, 0) is 14.3 Å². The lowest BCUT2D eigenvalue weighted by Crippen LogP contribution is -2.34. The quantitative estimate of drug-likeness (QED) is 0.796. The standard InChI is InChI=1S/C16H19NO3/c1-11-9-16(15(19)17-8-7-14(18)20-11)10-13(16)12-5-3-2-4-6-12/h2-6,11,13H,7-10H2,1H3,(H,17,19)/t11-,13+,16-/m0/s1. The average molecular weight is 273 g/mol. The van der Waals surface area contributed by atoms with Crippen molar-refractivity contribution in [3.05, 3.63) is 35.9 Å². The van der Waals surface area contributed by atoms with E-state index < -0.39 is 5.41 Å². The fraction of sp³-hybridized carbons (Fsp3) is 0.500. The fourth-order valence-corrected chi connectivity index (χ4v) is 3.29. The van der Waals surface area contributed by atoms with Crippen LogP contribution in [0.3, 0.4) is 0 Å². The Kier molecular flexibility index (Phi) is 3.24. The Labute approximate surface area is 118 Å². The highest BCUT2D eigenvalue weighted by atomic mass is 16.5. The molecule has 0 bridgehead atoms. The highest BCUT2D eigenvalue weighted by molar-refractivity contribution is 5.88. The first-order valence-corrected chi connectivity index (χ1v) is 7.14. The number of hydrogen-bond donors (Lipinski definition) is 1. The molecule has 1 N–H and O–H groups in total. The predicted octanol–water partition coefficient (Wildman–Crippen LogP) is 2.00. The van der Waals surface area contributed by atoms with E-state index in [1.54, 1.807) is 0 Å². The molecular weight excluding hydrogens is 254 g/mol. The van der Waals surface area contributed by atoms with Crippen molar-refractivity contribution in [2.75, 3.05) is 6.54 Å². The maximum atomic E-state index is 12.5. The smallest absolute Gasteiger partial charge is 0.307 e. The van der Waals surface area contributed by atoms with Crippen LogP contribution in [0.1, 0.15) is 37.7 Å². The van der Waals surface area contributed by atoms with Gasteiger partial charge in [0.2, 0.25) is 5.91 Å². The molecule has 4 nitrogen and oxygen atoms in total. The molecule has 1 spiro atoms. The van der Waals surface area contributed by atoms with Gasteiger partial charge in [-0.25, -0.2) is 0 Å². The fourth-order valence-electron chi connectivity index (χ4n) is 3.29. The van der Waals surface area contributed by atoms with E-state index >= 15 is 0 Å². The number of benzene rings is 1. The molecule has 1 aromatic carbocycles.